The van der Waals surface area contributed by atoms with Crippen LogP contribution in [0, 0.1) is 0 Å². The molecule has 0 spiro atoms. The van der Waals surface area contributed by atoms with Crippen molar-refractivity contribution < 1.29 is 0 Å². The van der Waals surface area contributed by atoms with E-state index in [1.165, 1.54) is 16.8 Å². The molecule has 0 atom stereocenters. The summed E-state index contributed by atoms with van der Waals surface area (Å²) in [7, 11) is 0. The maximum absolute atomic E-state index is 12.7. The van der Waals surface area contributed by atoms with E-state index < -0.39 is 0 Å². The first kappa shape index (κ1) is 13.8. The lowest BCUT2D eigenvalue weighted by molar-refractivity contribution is 0.706. The van der Waals surface area contributed by atoms with E-state index in [4.69, 9.17) is 0 Å². The fourth-order valence-corrected chi connectivity index (χ4v) is 4.35. The van der Waals surface area contributed by atoms with E-state index in [9.17, 15) is 4.79 Å². The maximum Gasteiger partial charge on any atom is 0.264 e. The van der Waals surface area contributed by atoms with E-state index in [-0.39, 0.29) is 5.56 Å². The van der Waals surface area contributed by atoms with Gasteiger partial charge in [-0.05, 0) is 22.9 Å². The van der Waals surface area contributed by atoms with Gasteiger partial charge in [0.15, 0.2) is 0 Å². The highest BCUT2D eigenvalue weighted by atomic mass is 32.2. The summed E-state index contributed by atoms with van der Waals surface area (Å²) in [6, 6.07) is 12.3. The van der Waals surface area contributed by atoms with E-state index in [1.807, 2.05) is 34.5 Å². The predicted molar refractivity (Wildman–Crippen MR) is 87.6 cm³/mol. The molecule has 2 aromatic rings. The van der Waals surface area contributed by atoms with Gasteiger partial charge in [0.05, 0.1) is 11.4 Å². The van der Waals surface area contributed by atoms with Crippen LogP contribution in [0.5, 0.6) is 0 Å². The second-order valence-corrected chi connectivity index (χ2v) is 7.07. The molecule has 0 N–H and O–H groups in total. The van der Waals surface area contributed by atoms with Gasteiger partial charge in [-0.25, -0.2) is 0 Å². The maximum atomic E-state index is 12.7. The number of rotatable bonds is 4. The zero-order chi connectivity index (χ0) is 13.9. The van der Waals surface area contributed by atoms with Crippen molar-refractivity contribution in [2.24, 2.45) is 0 Å². The Kier molecular flexibility index (Phi) is 4.22. The number of nitrogens with zero attached hydrogens (tertiary/aromatic N) is 1. The van der Waals surface area contributed by atoms with Crippen LogP contribution in [0.1, 0.15) is 23.7 Å². The average molecular weight is 303 g/mol. The second kappa shape index (κ2) is 6.10. The van der Waals surface area contributed by atoms with Gasteiger partial charge in [0.1, 0.15) is 0 Å². The van der Waals surface area contributed by atoms with Crippen molar-refractivity contribution in [1.82, 2.24) is 4.57 Å². The van der Waals surface area contributed by atoms with Crippen molar-refractivity contribution in [2.45, 2.75) is 29.9 Å². The van der Waals surface area contributed by atoms with Crippen molar-refractivity contribution >= 4 is 23.5 Å². The summed E-state index contributed by atoms with van der Waals surface area (Å²) < 4.78 is 1.97. The highest BCUT2D eigenvalue weighted by Gasteiger charge is 2.19. The van der Waals surface area contributed by atoms with E-state index in [2.05, 4.69) is 25.1 Å². The Morgan fingerprint density at radius 1 is 1.25 bits per heavy atom. The molecule has 0 aliphatic carbocycles. The molecule has 1 aliphatic rings. The molecule has 1 aliphatic heterocycles. The highest BCUT2D eigenvalue weighted by molar-refractivity contribution is 7.99. The smallest absolute Gasteiger partial charge is 0.264 e. The molecule has 0 bridgehead atoms. The Bertz CT molecular complexity index is 664. The third-order valence-electron chi connectivity index (χ3n) is 3.44. The molecule has 0 saturated heterocycles. The van der Waals surface area contributed by atoms with Crippen LogP contribution >= 0.6 is 23.5 Å². The Morgan fingerprint density at radius 3 is 2.80 bits per heavy atom. The molecule has 1 aromatic carbocycles. The summed E-state index contributed by atoms with van der Waals surface area (Å²) in [4.78, 5) is 13.5. The first-order valence-corrected chi connectivity index (χ1v) is 8.93. The third kappa shape index (κ3) is 2.67. The standard InChI is InChI=1S/C16H17NOS2/c1-2-20-15-8-13-10-19-11-14(13)17(16(15)18)9-12-6-4-3-5-7-12/h3-8H,2,9-11H2,1H3. The van der Waals surface area contributed by atoms with Gasteiger partial charge in [0.2, 0.25) is 0 Å². The minimum absolute atomic E-state index is 0.168. The van der Waals surface area contributed by atoms with Crippen LogP contribution in [-0.4, -0.2) is 10.3 Å². The number of hydrogen-bond acceptors (Lipinski definition) is 3. The molecular weight excluding hydrogens is 286 g/mol. The molecule has 0 amide bonds. The Hall–Kier alpha value is -1.13. The predicted octanol–water partition coefficient (Wildman–Crippen LogP) is 3.76. The van der Waals surface area contributed by atoms with Gasteiger partial charge in [0.25, 0.3) is 5.56 Å². The van der Waals surface area contributed by atoms with E-state index in [1.54, 1.807) is 11.8 Å². The van der Waals surface area contributed by atoms with Gasteiger partial charge >= 0.3 is 0 Å². The molecule has 104 valence electrons. The first-order chi connectivity index (χ1) is 9.79. The van der Waals surface area contributed by atoms with Crippen molar-refractivity contribution in [3.63, 3.8) is 0 Å². The molecule has 2 heterocycles. The van der Waals surface area contributed by atoms with Gasteiger partial charge in [-0.2, -0.15) is 11.8 Å². The van der Waals surface area contributed by atoms with E-state index in [0.29, 0.717) is 6.54 Å². The van der Waals surface area contributed by atoms with Crippen molar-refractivity contribution in [3.05, 3.63) is 63.6 Å². The Balaban J connectivity index is 2.07. The van der Waals surface area contributed by atoms with Crippen LogP contribution in [0.4, 0.5) is 0 Å². The summed E-state index contributed by atoms with van der Waals surface area (Å²) in [5.74, 6) is 2.92. The van der Waals surface area contributed by atoms with Crippen LogP contribution in [0.25, 0.3) is 0 Å². The number of benzene rings is 1. The second-order valence-electron chi connectivity index (χ2n) is 4.78. The lowest BCUT2D eigenvalue weighted by Crippen LogP contribution is -2.25. The molecule has 1 aromatic heterocycles. The highest BCUT2D eigenvalue weighted by Crippen LogP contribution is 2.31. The lowest BCUT2D eigenvalue weighted by atomic mass is 10.2. The summed E-state index contributed by atoms with van der Waals surface area (Å²) in [5.41, 5.74) is 3.90. The average Bonchev–Trinajstić information content (AvgIpc) is 2.93. The summed E-state index contributed by atoms with van der Waals surface area (Å²) in [6.45, 7) is 2.77. The molecule has 0 fully saturated rings. The molecule has 0 radical (unpaired) electrons. The van der Waals surface area contributed by atoms with Crippen molar-refractivity contribution in [1.29, 1.82) is 0 Å². The summed E-state index contributed by atoms with van der Waals surface area (Å²) in [5, 5.41) is 0. The molecule has 2 nitrogen and oxygen atoms in total. The van der Waals surface area contributed by atoms with Crippen molar-refractivity contribution in [2.75, 3.05) is 5.75 Å². The van der Waals surface area contributed by atoms with Gasteiger partial charge in [-0.1, -0.05) is 37.3 Å². The van der Waals surface area contributed by atoms with Crippen LogP contribution in [-0.2, 0) is 18.1 Å². The van der Waals surface area contributed by atoms with Gasteiger partial charge in [-0.15, -0.1) is 11.8 Å². The normalized spacial score (nSPS) is 13.4. The molecule has 0 saturated carbocycles. The summed E-state index contributed by atoms with van der Waals surface area (Å²) >= 11 is 3.54. The van der Waals surface area contributed by atoms with E-state index in [0.717, 1.165) is 22.2 Å². The minimum Gasteiger partial charge on any atom is -0.306 e. The van der Waals surface area contributed by atoms with Crippen LogP contribution in [0.15, 0.2) is 46.1 Å². The van der Waals surface area contributed by atoms with E-state index >= 15 is 0 Å². The topological polar surface area (TPSA) is 22.0 Å². The fraction of sp³-hybridized carbons (Fsp3) is 0.312. The largest absolute Gasteiger partial charge is 0.306 e. The van der Waals surface area contributed by atoms with Crippen LogP contribution in [0.3, 0.4) is 0 Å². The minimum atomic E-state index is 0.168. The Morgan fingerprint density at radius 2 is 2.05 bits per heavy atom. The van der Waals surface area contributed by atoms with Gasteiger partial charge < -0.3 is 4.57 Å². The number of pyridine rings is 1. The molecule has 20 heavy (non-hydrogen) atoms. The fourth-order valence-electron chi connectivity index (χ4n) is 2.48. The zero-order valence-electron chi connectivity index (χ0n) is 11.5. The molecule has 3 rings (SSSR count). The SMILES string of the molecule is CCSc1cc2c(n(Cc3ccccc3)c1=O)CSC2. The number of fused-ring (bicyclic) bond motifs is 1. The molecule has 4 heteroatoms. The van der Waals surface area contributed by atoms with Crippen LogP contribution < -0.4 is 5.56 Å². The number of hydrogen-bond donors (Lipinski definition) is 0. The number of aromatic nitrogens is 1. The zero-order valence-corrected chi connectivity index (χ0v) is 13.1. The van der Waals surface area contributed by atoms with Crippen molar-refractivity contribution in [3.8, 4) is 0 Å². The molecular formula is C16H17NOS2. The monoisotopic (exact) mass is 303 g/mol. The van der Waals surface area contributed by atoms with Crippen LogP contribution in [0.2, 0.25) is 0 Å². The first-order valence-electron chi connectivity index (χ1n) is 6.79. The number of thioether (sulfide) groups is 2. The third-order valence-corrected chi connectivity index (χ3v) is 5.32. The lowest BCUT2D eigenvalue weighted by Gasteiger charge is -2.14. The van der Waals surface area contributed by atoms with Gasteiger partial charge in [0, 0.05) is 17.2 Å². The Labute approximate surface area is 127 Å². The summed E-state index contributed by atoms with van der Waals surface area (Å²) in [6.07, 6.45) is 0. The van der Waals surface area contributed by atoms with Gasteiger partial charge in [-0.3, -0.25) is 4.79 Å². The molecule has 0 unspecified atom stereocenters. The quantitative estimate of drug-likeness (QED) is 0.803.